The van der Waals surface area contributed by atoms with E-state index in [9.17, 15) is 9.59 Å². The van der Waals surface area contributed by atoms with Crippen LogP contribution in [0, 0.1) is 0 Å². The fraction of sp³-hybridized carbons (Fsp3) is 0.625. The van der Waals surface area contributed by atoms with Crippen LogP contribution < -0.4 is 5.56 Å². The van der Waals surface area contributed by atoms with Crippen LogP contribution in [0.25, 0.3) is 0 Å². The highest BCUT2D eigenvalue weighted by molar-refractivity contribution is 7.10. The third kappa shape index (κ3) is 4.48. The number of hydrogen-bond acceptors (Lipinski definition) is 5. The smallest absolute Gasteiger partial charge is 0.254 e. The monoisotopic (exact) mass is 440 g/mol. The summed E-state index contributed by atoms with van der Waals surface area (Å²) >= 11 is 1.62. The number of fused-ring (bicyclic) bond motifs is 1. The van der Waals surface area contributed by atoms with Crippen LogP contribution in [-0.2, 0) is 24.2 Å². The van der Waals surface area contributed by atoms with Gasteiger partial charge in [0.25, 0.3) is 5.56 Å². The van der Waals surface area contributed by atoms with E-state index in [1.54, 1.807) is 11.3 Å². The van der Waals surface area contributed by atoms with Crippen molar-refractivity contribution >= 4 is 17.2 Å². The number of hydrogen-bond donors (Lipinski definition) is 1. The first-order chi connectivity index (χ1) is 15.2. The van der Waals surface area contributed by atoms with Gasteiger partial charge in [0.05, 0.1) is 18.2 Å². The lowest BCUT2D eigenvalue weighted by molar-refractivity contribution is -0.134. The second-order valence-electron chi connectivity index (χ2n) is 9.24. The number of nitrogens with zero attached hydrogens (tertiary/aromatic N) is 3. The van der Waals surface area contributed by atoms with Crippen LogP contribution in [-0.4, -0.2) is 44.8 Å². The normalized spacial score (nSPS) is 23.0. The number of aromatic amines is 1. The molecule has 0 radical (unpaired) electrons. The molecule has 31 heavy (non-hydrogen) atoms. The summed E-state index contributed by atoms with van der Waals surface area (Å²) in [7, 11) is 0. The Morgan fingerprint density at radius 1 is 1.13 bits per heavy atom. The third-order valence-electron chi connectivity index (χ3n) is 7.26. The molecule has 4 heterocycles. The average Bonchev–Trinajstić information content (AvgIpc) is 3.32. The van der Waals surface area contributed by atoms with Crippen LogP contribution in [0.15, 0.2) is 22.3 Å². The molecule has 7 heteroatoms. The molecule has 2 aromatic heterocycles. The first kappa shape index (κ1) is 20.9. The molecule has 2 fully saturated rings. The molecule has 1 N–H and O–H groups in total. The van der Waals surface area contributed by atoms with Gasteiger partial charge in [-0.15, -0.1) is 11.3 Å². The quantitative estimate of drug-likeness (QED) is 0.785. The Bertz CT molecular complexity index is 964. The second-order valence-corrected chi connectivity index (χ2v) is 10.3. The summed E-state index contributed by atoms with van der Waals surface area (Å²) in [6.07, 6.45) is 10.6. The summed E-state index contributed by atoms with van der Waals surface area (Å²) in [4.78, 5) is 39.6. The van der Waals surface area contributed by atoms with E-state index in [1.807, 2.05) is 22.4 Å². The lowest BCUT2D eigenvalue weighted by Crippen LogP contribution is -2.44. The number of piperidine rings is 1. The Hall–Kier alpha value is -1.99. The molecule has 3 aliphatic rings. The zero-order chi connectivity index (χ0) is 21.2. The van der Waals surface area contributed by atoms with E-state index < -0.39 is 0 Å². The summed E-state index contributed by atoms with van der Waals surface area (Å²) in [5.74, 6) is 0.824. The van der Waals surface area contributed by atoms with Gasteiger partial charge in [-0.3, -0.25) is 14.5 Å². The molecule has 5 rings (SSSR count). The van der Waals surface area contributed by atoms with Gasteiger partial charge >= 0.3 is 0 Å². The summed E-state index contributed by atoms with van der Waals surface area (Å²) in [5, 5.41) is 2.01. The maximum atomic E-state index is 13.1. The van der Waals surface area contributed by atoms with Gasteiger partial charge in [-0.1, -0.05) is 25.3 Å². The fourth-order valence-electron chi connectivity index (χ4n) is 5.57. The summed E-state index contributed by atoms with van der Waals surface area (Å²) < 4.78 is 0. The third-order valence-corrected chi connectivity index (χ3v) is 8.13. The molecule has 166 valence electrons. The maximum absolute atomic E-state index is 13.1. The van der Waals surface area contributed by atoms with Crippen molar-refractivity contribution in [1.29, 1.82) is 0 Å². The van der Waals surface area contributed by atoms with Crippen LogP contribution >= 0.6 is 11.3 Å². The van der Waals surface area contributed by atoms with Crippen molar-refractivity contribution in [3.05, 3.63) is 49.8 Å². The van der Waals surface area contributed by atoms with Crippen molar-refractivity contribution in [3.8, 4) is 0 Å². The van der Waals surface area contributed by atoms with E-state index in [1.165, 1.54) is 32.1 Å². The molecule has 2 aliphatic heterocycles. The fourth-order valence-corrected chi connectivity index (χ4v) is 6.27. The highest BCUT2D eigenvalue weighted by atomic mass is 32.1. The van der Waals surface area contributed by atoms with Crippen LogP contribution in [0.5, 0.6) is 0 Å². The number of thiophene rings is 1. The molecule has 0 spiro atoms. The van der Waals surface area contributed by atoms with Crippen molar-refractivity contribution in [1.82, 2.24) is 19.8 Å². The van der Waals surface area contributed by atoms with Gasteiger partial charge in [-0.05, 0) is 50.0 Å². The maximum Gasteiger partial charge on any atom is 0.254 e. The molecule has 1 atom stereocenters. The van der Waals surface area contributed by atoms with E-state index in [2.05, 4.69) is 9.88 Å². The minimum Gasteiger partial charge on any atom is -0.332 e. The van der Waals surface area contributed by atoms with E-state index in [0.29, 0.717) is 18.3 Å². The number of carbonyl (C=O) groups is 1. The van der Waals surface area contributed by atoms with Gasteiger partial charge in [-0.25, -0.2) is 4.98 Å². The van der Waals surface area contributed by atoms with Crippen molar-refractivity contribution < 1.29 is 4.79 Å². The van der Waals surface area contributed by atoms with Gasteiger partial charge in [-0.2, -0.15) is 0 Å². The zero-order valence-electron chi connectivity index (χ0n) is 18.1. The molecular weight excluding hydrogens is 408 g/mol. The van der Waals surface area contributed by atoms with Crippen molar-refractivity contribution in [2.45, 2.75) is 82.8 Å². The van der Waals surface area contributed by atoms with Crippen LogP contribution in [0.3, 0.4) is 0 Å². The molecule has 0 aromatic carbocycles. The van der Waals surface area contributed by atoms with Crippen LogP contribution in [0.4, 0.5) is 0 Å². The highest BCUT2D eigenvalue weighted by Gasteiger charge is 2.32. The molecule has 1 amide bonds. The Kier molecular flexibility index (Phi) is 6.23. The predicted molar refractivity (Wildman–Crippen MR) is 122 cm³/mol. The van der Waals surface area contributed by atoms with E-state index in [4.69, 9.17) is 4.98 Å². The van der Waals surface area contributed by atoms with E-state index in [-0.39, 0.29) is 17.5 Å². The Morgan fingerprint density at radius 3 is 2.77 bits per heavy atom. The SMILES string of the molecule is O=C(Cc1cccs1)N1CCCC[C@@H]1c1nc2c(c(=O)[nH]1)CCN(C1CCCCC1)C2. The van der Waals surface area contributed by atoms with Gasteiger partial charge in [0.15, 0.2) is 0 Å². The molecule has 1 saturated carbocycles. The standard InChI is InChI=1S/C24H32N4O2S/c29-22(15-18-9-6-14-31-18)28-12-5-4-10-21(28)23-25-20-16-27(17-7-2-1-3-8-17)13-11-19(20)24(30)26-23/h6,9,14,17,21H,1-5,7-8,10-13,15-16H2,(H,25,26,30)/t21-/m1/s1. The number of rotatable bonds is 4. The van der Waals surface area contributed by atoms with E-state index in [0.717, 1.165) is 61.5 Å². The Balaban J connectivity index is 1.38. The lowest BCUT2D eigenvalue weighted by atomic mass is 9.92. The zero-order valence-corrected chi connectivity index (χ0v) is 19.0. The van der Waals surface area contributed by atoms with Crippen molar-refractivity contribution in [2.75, 3.05) is 13.1 Å². The lowest BCUT2D eigenvalue weighted by Gasteiger charge is -2.38. The number of nitrogens with one attached hydrogen (secondary N) is 1. The molecule has 1 aliphatic carbocycles. The molecule has 2 aromatic rings. The minimum atomic E-state index is -0.121. The van der Waals surface area contributed by atoms with Crippen LogP contribution in [0.2, 0.25) is 0 Å². The van der Waals surface area contributed by atoms with Gasteiger partial charge in [0.1, 0.15) is 5.82 Å². The number of amides is 1. The van der Waals surface area contributed by atoms with E-state index >= 15 is 0 Å². The highest BCUT2D eigenvalue weighted by Crippen LogP contribution is 2.31. The van der Waals surface area contributed by atoms with Crippen LogP contribution in [0.1, 0.15) is 79.4 Å². The Labute approximate surface area is 187 Å². The minimum absolute atomic E-state index is 0.000441. The number of likely N-dealkylation sites (tertiary alicyclic amines) is 1. The van der Waals surface area contributed by atoms with Gasteiger partial charge in [0.2, 0.25) is 5.91 Å². The summed E-state index contributed by atoms with van der Waals surface area (Å²) in [6, 6.07) is 4.51. The molecule has 0 bridgehead atoms. The number of aromatic nitrogens is 2. The Morgan fingerprint density at radius 2 is 1.97 bits per heavy atom. The molecule has 1 saturated heterocycles. The summed E-state index contributed by atoms with van der Waals surface area (Å²) in [5.41, 5.74) is 1.79. The van der Waals surface area contributed by atoms with Crippen molar-refractivity contribution in [3.63, 3.8) is 0 Å². The second kappa shape index (κ2) is 9.25. The topological polar surface area (TPSA) is 69.3 Å². The predicted octanol–water partition coefficient (Wildman–Crippen LogP) is 3.82. The molecule has 6 nitrogen and oxygen atoms in total. The van der Waals surface area contributed by atoms with Crippen molar-refractivity contribution in [2.24, 2.45) is 0 Å². The average molecular weight is 441 g/mol. The largest absolute Gasteiger partial charge is 0.332 e. The molecular formula is C24H32N4O2S. The number of H-pyrrole nitrogens is 1. The van der Waals surface area contributed by atoms with Gasteiger partial charge < -0.3 is 9.88 Å². The molecule has 0 unspecified atom stereocenters. The van der Waals surface area contributed by atoms with Gasteiger partial charge in [0, 0.05) is 36.1 Å². The first-order valence-corrected chi connectivity index (χ1v) is 12.7. The first-order valence-electron chi connectivity index (χ1n) is 11.9. The number of carbonyl (C=O) groups excluding carboxylic acids is 1. The summed E-state index contributed by atoms with van der Waals surface area (Å²) in [6.45, 7) is 2.47.